The molecule has 0 unspecified atom stereocenters. The Morgan fingerprint density at radius 1 is 1.56 bits per heavy atom. The highest BCUT2D eigenvalue weighted by Gasteiger charge is 2.26. The third-order valence-corrected chi connectivity index (χ3v) is 2.52. The number of carboxylic acid groups (broad SMARTS) is 1. The van der Waals surface area contributed by atoms with Crippen molar-refractivity contribution in [3.05, 3.63) is 28.5 Å². The van der Waals surface area contributed by atoms with Gasteiger partial charge in [-0.25, -0.2) is 4.39 Å². The Balaban J connectivity index is 2.32. The van der Waals surface area contributed by atoms with E-state index in [1.807, 2.05) is 0 Å². The molecule has 16 heavy (non-hydrogen) atoms. The van der Waals surface area contributed by atoms with Crippen LogP contribution in [0.25, 0.3) is 0 Å². The highest BCUT2D eigenvalue weighted by Crippen LogP contribution is 2.35. The highest BCUT2D eigenvalue weighted by atomic mass is 35.5. The zero-order chi connectivity index (χ0) is 11.7. The van der Waals surface area contributed by atoms with Gasteiger partial charge in [0.2, 0.25) is 0 Å². The van der Waals surface area contributed by atoms with Gasteiger partial charge in [0.1, 0.15) is 11.6 Å². The lowest BCUT2D eigenvalue weighted by Gasteiger charge is -2.11. The lowest BCUT2D eigenvalue weighted by molar-refractivity contribution is -0.136. The van der Waals surface area contributed by atoms with E-state index >= 15 is 0 Å². The smallest absolute Gasteiger partial charge is 0.307 e. The fourth-order valence-corrected chi connectivity index (χ4v) is 1.66. The Kier molecular flexibility index (Phi) is 3.01. The maximum atomic E-state index is 13.1. The molecule has 0 heterocycles. The Morgan fingerprint density at radius 3 is 2.81 bits per heavy atom. The van der Waals surface area contributed by atoms with Crippen LogP contribution in [-0.4, -0.2) is 17.2 Å². The van der Waals surface area contributed by atoms with Crippen LogP contribution in [0.15, 0.2) is 12.1 Å². The van der Waals surface area contributed by atoms with Crippen molar-refractivity contribution in [1.29, 1.82) is 0 Å². The van der Waals surface area contributed by atoms with Crippen LogP contribution in [0, 0.1) is 5.82 Å². The molecule has 5 heteroatoms. The van der Waals surface area contributed by atoms with E-state index in [0.717, 1.165) is 25.0 Å². The van der Waals surface area contributed by atoms with Crippen LogP contribution in [0.1, 0.15) is 18.4 Å². The Morgan fingerprint density at radius 2 is 2.25 bits per heavy atom. The molecule has 2 rings (SSSR count). The van der Waals surface area contributed by atoms with Gasteiger partial charge in [0, 0.05) is 5.56 Å². The Labute approximate surface area is 96.8 Å². The van der Waals surface area contributed by atoms with Crippen molar-refractivity contribution in [2.75, 3.05) is 0 Å². The van der Waals surface area contributed by atoms with Crippen molar-refractivity contribution < 1.29 is 19.0 Å². The van der Waals surface area contributed by atoms with Crippen molar-refractivity contribution in [1.82, 2.24) is 0 Å². The normalized spacial score (nSPS) is 14.9. The van der Waals surface area contributed by atoms with Gasteiger partial charge in [-0.05, 0) is 25.0 Å². The second-order valence-corrected chi connectivity index (χ2v) is 4.17. The number of halogens is 2. The number of hydrogen-bond donors (Lipinski definition) is 1. The summed E-state index contributed by atoms with van der Waals surface area (Å²) in [6.07, 6.45) is 1.66. The number of carboxylic acids is 1. The van der Waals surface area contributed by atoms with Crippen LogP contribution in [0.2, 0.25) is 5.02 Å². The molecule has 0 saturated heterocycles. The van der Waals surface area contributed by atoms with Crippen LogP contribution in [0.4, 0.5) is 4.39 Å². The van der Waals surface area contributed by atoms with E-state index in [-0.39, 0.29) is 23.1 Å². The Hall–Kier alpha value is -1.29. The number of aliphatic carboxylic acids is 1. The molecule has 1 saturated carbocycles. The van der Waals surface area contributed by atoms with Gasteiger partial charge < -0.3 is 9.84 Å². The van der Waals surface area contributed by atoms with E-state index in [1.165, 1.54) is 0 Å². The zero-order valence-electron chi connectivity index (χ0n) is 8.37. The first-order valence-electron chi connectivity index (χ1n) is 4.92. The van der Waals surface area contributed by atoms with Gasteiger partial charge >= 0.3 is 5.97 Å². The predicted octanol–water partition coefficient (Wildman–Crippen LogP) is 2.65. The van der Waals surface area contributed by atoms with Gasteiger partial charge in [0.15, 0.2) is 0 Å². The fourth-order valence-electron chi connectivity index (χ4n) is 1.39. The molecule has 3 nitrogen and oxygen atoms in total. The lowest BCUT2D eigenvalue weighted by atomic mass is 10.1. The molecule has 1 fully saturated rings. The van der Waals surface area contributed by atoms with Crippen molar-refractivity contribution in [3.63, 3.8) is 0 Å². The molecular formula is C11H10ClFO3. The second kappa shape index (κ2) is 4.29. The van der Waals surface area contributed by atoms with E-state index in [0.29, 0.717) is 5.75 Å². The minimum absolute atomic E-state index is 0.0931. The molecule has 0 spiro atoms. The predicted molar refractivity (Wildman–Crippen MR) is 56.4 cm³/mol. The van der Waals surface area contributed by atoms with Gasteiger partial charge in [0.25, 0.3) is 0 Å². The van der Waals surface area contributed by atoms with Crippen molar-refractivity contribution in [2.24, 2.45) is 0 Å². The van der Waals surface area contributed by atoms with Crippen LogP contribution in [-0.2, 0) is 11.2 Å². The topological polar surface area (TPSA) is 46.5 Å². The summed E-state index contributed by atoms with van der Waals surface area (Å²) in [5.74, 6) is -1.29. The number of benzene rings is 1. The third kappa shape index (κ3) is 2.64. The molecule has 1 aromatic carbocycles. The maximum absolute atomic E-state index is 13.1. The summed E-state index contributed by atoms with van der Waals surface area (Å²) in [6.45, 7) is 0. The number of rotatable bonds is 4. The molecule has 1 N–H and O–H groups in total. The van der Waals surface area contributed by atoms with E-state index < -0.39 is 11.8 Å². The second-order valence-electron chi connectivity index (χ2n) is 3.76. The van der Waals surface area contributed by atoms with Crippen LogP contribution >= 0.6 is 11.6 Å². The first kappa shape index (κ1) is 11.2. The average Bonchev–Trinajstić information content (AvgIpc) is 2.93. The van der Waals surface area contributed by atoms with Crippen LogP contribution in [0.3, 0.4) is 0 Å². The van der Waals surface area contributed by atoms with Gasteiger partial charge in [-0.1, -0.05) is 11.6 Å². The average molecular weight is 245 g/mol. The summed E-state index contributed by atoms with van der Waals surface area (Å²) in [6, 6.07) is 2.28. The minimum Gasteiger partial charge on any atom is -0.489 e. The number of hydrogen-bond acceptors (Lipinski definition) is 2. The zero-order valence-corrected chi connectivity index (χ0v) is 9.13. The Bertz CT molecular complexity index is 429. The monoisotopic (exact) mass is 244 g/mol. The van der Waals surface area contributed by atoms with E-state index in [4.69, 9.17) is 21.4 Å². The molecule has 1 aliphatic rings. The van der Waals surface area contributed by atoms with Crippen LogP contribution in [0.5, 0.6) is 5.75 Å². The van der Waals surface area contributed by atoms with E-state index in [1.54, 1.807) is 0 Å². The number of carbonyl (C=O) groups is 1. The molecule has 0 radical (unpaired) electrons. The fraction of sp³-hybridized carbons (Fsp3) is 0.364. The molecule has 0 atom stereocenters. The van der Waals surface area contributed by atoms with Gasteiger partial charge in [-0.2, -0.15) is 0 Å². The molecule has 1 aromatic rings. The third-order valence-electron chi connectivity index (χ3n) is 2.24. The van der Waals surface area contributed by atoms with Gasteiger partial charge in [0.05, 0.1) is 17.5 Å². The van der Waals surface area contributed by atoms with Gasteiger partial charge in [-0.15, -0.1) is 0 Å². The maximum Gasteiger partial charge on any atom is 0.307 e. The summed E-state index contributed by atoms with van der Waals surface area (Å²) < 4.78 is 18.6. The molecule has 0 bridgehead atoms. The summed E-state index contributed by atoms with van der Waals surface area (Å²) in [5.41, 5.74) is 0.282. The molecule has 1 aliphatic carbocycles. The molecule has 86 valence electrons. The standard InChI is InChI=1S/C11H10ClFO3/c12-9-5-7(13)3-6(4-10(14)15)11(9)16-8-1-2-8/h3,5,8H,1-2,4H2,(H,14,15). The summed E-state index contributed by atoms with van der Waals surface area (Å²) in [7, 11) is 0. The van der Waals surface area contributed by atoms with Gasteiger partial charge in [-0.3, -0.25) is 4.79 Å². The van der Waals surface area contributed by atoms with Crippen molar-refractivity contribution >= 4 is 17.6 Å². The first-order chi connectivity index (χ1) is 7.56. The summed E-state index contributed by atoms with van der Waals surface area (Å²) >= 11 is 5.83. The minimum atomic E-state index is -1.04. The van der Waals surface area contributed by atoms with Crippen molar-refractivity contribution in [2.45, 2.75) is 25.4 Å². The highest BCUT2D eigenvalue weighted by molar-refractivity contribution is 6.32. The SMILES string of the molecule is O=C(O)Cc1cc(F)cc(Cl)c1OC1CC1. The lowest BCUT2D eigenvalue weighted by Crippen LogP contribution is -2.06. The van der Waals surface area contributed by atoms with E-state index in [9.17, 15) is 9.18 Å². The quantitative estimate of drug-likeness (QED) is 0.886. The molecule has 0 aliphatic heterocycles. The molecular weight excluding hydrogens is 235 g/mol. The van der Waals surface area contributed by atoms with Crippen molar-refractivity contribution in [3.8, 4) is 5.75 Å². The number of ether oxygens (including phenoxy) is 1. The largest absolute Gasteiger partial charge is 0.489 e. The summed E-state index contributed by atoms with van der Waals surface area (Å²) in [5, 5.41) is 8.83. The molecule has 0 amide bonds. The van der Waals surface area contributed by atoms with Crippen LogP contribution < -0.4 is 4.74 Å². The first-order valence-corrected chi connectivity index (χ1v) is 5.30. The molecule has 0 aromatic heterocycles. The summed E-state index contributed by atoms with van der Waals surface area (Å²) in [4.78, 5) is 10.6. The van der Waals surface area contributed by atoms with E-state index in [2.05, 4.69) is 0 Å².